The number of nitrogens with zero attached hydrogens (tertiary/aromatic N) is 2. The Balaban J connectivity index is 1.63. The lowest BCUT2D eigenvalue weighted by Crippen LogP contribution is -2.35. The van der Waals surface area contributed by atoms with Gasteiger partial charge in [0.1, 0.15) is 10.7 Å². The Bertz CT molecular complexity index is 443. The van der Waals surface area contributed by atoms with Crippen LogP contribution < -0.4 is 11.1 Å². The quantitative estimate of drug-likeness (QED) is 0.756. The van der Waals surface area contributed by atoms with Gasteiger partial charge in [-0.1, -0.05) is 19.3 Å². The van der Waals surface area contributed by atoms with Gasteiger partial charge in [0.05, 0.1) is 0 Å². The van der Waals surface area contributed by atoms with Gasteiger partial charge in [0.25, 0.3) is 5.91 Å². The lowest BCUT2D eigenvalue weighted by Gasteiger charge is -2.31. The minimum absolute atomic E-state index is 0.0914. The molecule has 0 unspecified atom stereocenters. The SMILES string of the molecule is CN(CCCNC(=O)c1csc(CN)n1)C1CCCCC1. The van der Waals surface area contributed by atoms with Gasteiger partial charge in [0.2, 0.25) is 0 Å². The fraction of sp³-hybridized carbons (Fsp3) is 0.733. The fourth-order valence-electron chi connectivity index (χ4n) is 2.83. The summed E-state index contributed by atoms with van der Waals surface area (Å²) >= 11 is 1.44. The summed E-state index contributed by atoms with van der Waals surface area (Å²) in [7, 11) is 2.20. The van der Waals surface area contributed by atoms with Crippen molar-refractivity contribution in [2.45, 2.75) is 51.1 Å². The van der Waals surface area contributed by atoms with E-state index in [-0.39, 0.29) is 5.91 Å². The Morgan fingerprint density at radius 1 is 1.48 bits per heavy atom. The molecular weight excluding hydrogens is 284 g/mol. The second-order valence-electron chi connectivity index (χ2n) is 5.71. The molecule has 1 amide bonds. The van der Waals surface area contributed by atoms with Gasteiger partial charge in [-0.25, -0.2) is 4.98 Å². The highest BCUT2D eigenvalue weighted by atomic mass is 32.1. The number of carbonyl (C=O) groups is 1. The predicted octanol–water partition coefficient (Wildman–Crippen LogP) is 1.99. The second kappa shape index (κ2) is 8.46. The summed E-state index contributed by atoms with van der Waals surface area (Å²) in [5.41, 5.74) is 5.99. The lowest BCUT2D eigenvalue weighted by molar-refractivity contribution is 0.0946. The maximum Gasteiger partial charge on any atom is 0.270 e. The average Bonchev–Trinajstić information content (AvgIpc) is 3.01. The minimum Gasteiger partial charge on any atom is -0.351 e. The third kappa shape index (κ3) is 5.05. The maximum atomic E-state index is 11.9. The summed E-state index contributed by atoms with van der Waals surface area (Å²) in [4.78, 5) is 18.5. The monoisotopic (exact) mass is 310 g/mol. The van der Waals surface area contributed by atoms with Crippen LogP contribution in [0.3, 0.4) is 0 Å². The highest BCUT2D eigenvalue weighted by molar-refractivity contribution is 7.09. The van der Waals surface area contributed by atoms with Crippen LogP contribution in [0.2, 0.25) is 0 Å². The smallest absolute Gasteiger partial charge is 0.270 e. The summed E-state index contributed by atoms with van der Waals surface area (Å²) in [6.45, 7) is 2.13. The molecule has 0 saturated heterocycles. The molecule has 0 aliphatic heterocycles. The van der Waals surface area contributed by atoms with Crippen LogP contribution in [0.4, 0.5) is 0 Å². The number of hydrogen-bond donors (Lipinski definition) is 2. The topological polar surface area (TPSA) is 71.2 Å². The van der Waals surface area contributed by atoms with Crippen molar-refractivity contribution in [3.8, 4) is 0 Å². The van der Waals surface area contributed by atoms with Gasteiger partial charge in [-0.2, -0.15) is 0 Å². The first-order chi connectivity index (χ1) is 10.2. The first-order valence-corrected chi connectivity index (χ1v) is 8.71. The van der Waals surface area contributed by atoms with Gasteiger partial charge < -0.3 is 16.0 Å². The number of aromatic nitrogens is 1. The van der Waals surface area contributed by atoms with Gasteiger partial charge >= 0.3 is 0 Å². The largest absolute Gasteiger partial charge is 0.351 e. The van der Waals surface area contributed by atoms with Gasteiger partial charge in [0.15, 0.2) is 0 Å². The van der Waals surface area contributed by atoms with Gasteiger partial charge in [-0.3, -0.25) is 4.79 Å². The van der Waals surface area contributed by atoms with Crippen LogP contribution in [-0.4, -0.2) is 42.0 Å². The molecular formula is C15H26N4OS. The molecule has 0 atom stereocenters. The van der Waals surface area contributed by atoms with E-state index in [0.717, 1.165) is 24.0 Å². The Morgan fingerprint density at radius 2 is 2.24 bits per heavy atom. The maximum absolute atomic E-state index is 11.9. The molecule has 21 heavy (non-hydrogen) atoms. The Hall–Kier alpha value is -0.980. The molecule has 2 rings (SSSR count). The van der Waals surface area contributed by atoms with Crippen molar-refractivity contribution in [3.05, 3.63) is 16.1 Å². The zero-order valence-corrected chi connectivity index (χ0v) is 13.6. The molecule has 118 valence electrons. The molecule has 1 aromatic rings. The third-order valence-corrected chi connectivity index (χ3v) is 5.00. The zero-order valence-electron chi connectivity index (χ0n) is 12.8. The van der Waals surface area contributed by atoms with Crippen molar-refractivity contribution in [2.24, 2.45) is 5.73 Å². The number of nitrogens with two attached hydrogens (primary N) is 1. The molecule has 1 aromatic heterocycles. The van der Waals surface area contributed by atoms with Crippen LogP contribution in [0.1, 0.15) is 54.0 Å². The van der Waals surface area contributed by atoms with E-state index in [2.05, 4.69) is 22.2 Å². The molecule has 0 aromatic carbocycles. The Labute approximate surface area is 130 Å². The highest BCUT2D eigenvalue weighted by Crippen LogP contribution is 2.21. The van der Waals surface area contributed by atoms with Crippen LogP contribution in [0.15, 0.2) is 5.38 Å². The van der Waals surface area contributed by atoms with Crippen LogP contribution >= 0.6 is 11.3 Å². The number of thiazole rings is 1. The molecule has 0 spiro atoms. The molecule has 6 heteroatoms. The molecule has 1 heterocycles. The molecule has 1 saturated carbocycles. The first-order valence-electron chi connectivity index (χ1n) is 7.83. The van der Waals surface area contributed by atoms with E-state index in [1.807, 2.05) is 0 Å². The molecule has 3 N–H and O–H groups in total. The fourth-order valence-corrected chi connectivity index (χ4v) is 3.49. The number of nitrogens with one attached hydrogen (secondary N) is 1. The van der Waals surface area contributed by atoms with Crippen LogP contribution in [0, 0.1) is 0 Å². The van der Waals surface area contributed by atoms with E-state index >= 15 is 0 Å². The van der Waals surface area contributed by atoms with E-state index < -0.39 is 0 Å². The molecule has 0 bridgehead atoms. The summed E-state index contributed by atoms with van der Waals surface area (Å²) in [6, 6.07) is 0.736. The average molecular weight is 310 g/mol. The molecule has 1 fully saturated rings. The first kappa shape index (κ1) is 16.4. The third-order valence-electron chi connectivity index (χ3n) is 4.13. The zero-order chi connectivity index (χ0) is 15.1. The van der Waals surface area contributed by atoms with E-state index in [1.54, 1.807) is 5.38 Å². The normalized spacial score (nSPS) is 16.3. The number of amides is 1. The minimum atomic E-state index is -0.0914. The molecule has 1 aliphatic rings. The number of carbonyl (C=O) groups excluding carboxylic acids is 1. The predicted molar refractivity (Wildman–Crippen MR) is 86.5 cm³/mol. The van der Waals surface area contributed by atoms with Crippen molar-refractivity contribution >= 4 is 17.2 Å². The summed E-state index contributed by atoms with van der Waals surface area (Å²) < 4.78 is 0. The Kier molecular flexibility index (Phi) is 6.60. The van der Waals surface area contributed by atoms with Crippen LogP contribution in [0.25, 0.3) is 0 Å². The van der Waals surface area contributed by atoms with Gasteiger partial charge in [-0.05, 0) is 32.9 Å². The van der Waals surface area contributed by atoms with Crippen molar-refractivity contribution in [1.29, 1.82) is 0 Å². The van der Waals surface area contributed by atoms with Crippen molar-refractivity contribution in [1.82, 2.24) is 15.2 Å². The van der Waals surface area contributed by atoms with Crippen LogP contribution in [-0.2, 0) is 6.54 Å². The van der Waals surface area contributed by atoms with E-state index in [9.17, 15) is 4.79 Å². The lowest BCUT2D eigenvalue weighted by atomic mass is 9.94. The number of rotatable bonds is 7. The highest BCUT2D eigenvalue weighted by Gasteiger charge is 2.17. The van der Waals surface area contributed by atoms with Gasteiger partial charge in [0, 0.05) is 24.5 Å². The molecule has 5 nitrogen and oxygen atoms in total. The standard InChI is InChI=1S/C15H26N4OS/c1-19(12-6-3-2-4-7-12)9-5-8-17-15(20)13-11-21-14(10-16)18-13/h11-12H,2-10,16H2,1H3,(H,17,20). The summed E-state index contributed by atoms with van der Waals surface area (Å²) in [5, 5.41) is 5.50. The van der Waals surface area contributed by atoms with Crippen LogP contribution in [0.5, 0.6) is 0 Å². The summed E-state index contributed by atoms with van der Waals surface area (Å²) in [6.07, 6.45) is 7.73. The summed E-state index contributed by atoms with van der Waals surface area (Å²) in [5.74, 6) is -0.0914. The van der Waals surface area contributed by atoms with Crippen molar-refractivity contribution in [2.75, 3.05) is 20.1 Å². The van der Waals surface area contributed by atoms with E-state index in [1.165, 1.54) is 43.4 Å². The Morgan fingerprint density at radius 3 is 2.90 bits per heavy atom. The molecule has 1 aliphatic carbocycles. The van der Waals surface area contributed by atoms with Crippen molar-refractivity contribution in [3.63, 3.8) is 0 Å². The van der Waals surface area contributed by atoms with E-state index in [0.29, 0.717) is 18.8 Å². The van der Waals surface area contributed by atoms with E-state index in [4.69, 9.17) is 5.73 Å². The van der Waals surface area contributed by atoms with Gasteiger partial charge in [-0.15, -0.1) is 11.3 Å². The second-order valence-corrected chi connectivity index (χ2v) is 6.66. The number of hydrogen-bond acceptors (Lipinski definition) is 5. The van der Waals surface area contributed by atoms with Crippen molar-refractivity contribution < 1.29 is 4.79 Å². The molecule has 0 radical (unpaired) electrons.